The van der Waals surface area contributed by atoms with E-state index in [0.29, 0.717) is 5.92 Å². The zero-order valence-electron chi connectivity index (χ0n) is 14.2. The number of nitrogens with zero attached hydrogens (tertiary/aromatic N) is 8. The first kappa shape index (κ1) is 14.8. The second-order valence-electron chi connectivity index (χ2n) is 6.80. The van der Waals surface area contributed by atoms with E-state index >= 15 is 0 Å². The van der Waals surface area contributed by atoms with Crippen LogP contribution >= 0.6 is 0 Å². The first-order valence-corrected chi connectivity index (χ1v) is 8.75. The molecule has 3 aromatic rings. The van der Waals surface area contributed by atoms with Gasteiger partial charge in [0.25, 0.3) is 0 Å². The van der Waals surface area contributed by atoms with E-state index in [-0.39, 0.29) is 0 Å². The fraction of sp³-hybridized carbons (Fsp3) is 0.562. The van der Waals surface area contributed by atoms with E-state index in [0.717, 1.165) is 61.7 Å². The van der Waals surface area contributed by atoms with Gasteiger partial charge in [-0.3, -0.25) is 4.90 Å². The molecule has 0 aromatic carbocycles. The Morgan fingerprint density at radius 3 is 2.76 bits per heavy atom. The zero-order valence-corrected chi connectivity index (χ0v) is 14.2. The van der Waals surface area contributed by atoms with Crippen LogP contribution < -0.4 is 4.90 Å². The fourth-order valence-corrected chi connectivity index (χ4v) is 3.22. The minimum Gasteiger partial charge on any atom is -0.353 e. The van der Waals surface area contributed by atoms with E-state index in [1.165, 1.54) is 12.8 Å². The molecule has 0 unspecified atom stereocenters. The van der Waals surface area contributed by atoms with E-state index in [4.69, 9.17) is 4.52 Å². The van der Waals surface area contributed by atoms with E-state index in [1.807, 2.05) is 19.1 Å². The Balaban J connectivity index is 1.23. The molecule has 2 aliphatic rings. The topological polar surface area (TPSA) is 88.5 Å². The van der Waals surface area contributed by atoms with Gasteiger partial charge in [-0.05, 0) is 31.9 Å². The van der Waals surface area contributed by atoms with Gasteiger partial charge in [0.05, 0.1) is 6.54 Å². The minimum atomic E-state index is 0.514. The molecule has 5 rings (SSSR count). The van der Waals surface area contributed by atoms with Crippen molar-refractivity contribution in [2.24, 2.45) is 0 Å². The van der Waals surface area contributed by atoms with Crippen LogP contribution in [0.25, 0.3) is 5.65 Å². The molecule has 0 radical (unpaired) electrons. The van der Waals surface area contributed by atoms with Crippen LogP contribution in [0.15, 0.2) is 16.7 Å². The summed E-state index contributed by atoms with van der Waals surface area (Å²) < 4.78 is 7.13. The van der Waals surface area contributed by atoms with Crippen molar-refractivity contribution in [2.45, 2.75) is 32.2 Å². The lowest BCUT2D eigenvalue weighted by molar-refractivity contribution is 0.239. The van der Waals surface area contributed by atoms with E-state index in [2.05, 4.69) is 35.2 Å². The van der Waals surface area contributed by atoms with E-state index in [1.54, 1.807) is 4.52 Å². The van der Waals surface area contributed by atoms with E-state index in [9.17, 15) is 0 Å². The second kappa shape index (κ2) is 5.76. The van der Waals surface area contributed by atoms with Gasteiger partial charge in [0.1, 0.15) is 5.82 Å². The molecule has 1 aliphatic heterocycles. The summed E-state index contributed by atoms with van der Waals surface area (Å²) in [7, 11) is 0. The lowest BCUT2D eigenvalue weighted by atomic mass is 10.3. The summed E-state index contributed by atoms with van der Waals surface area (Å²) in [5.74, 6) is 3.90. The average molecular weight is 340 g/mol. The van der Waals surface area contributed by atoms with Gasteiger partial charge in [-0.1, -0.05) is 5.16 Å². The van der Waals surface area contributed by atoms with Gasteiger partial charge in [-0.15, -0.1) is 15.3 Å². The highest BCUT2D eigenvalue weighted by Gasteiger charge is 2.30. The van der Waals surface area contributed by atoms with Gasteiger partial charge in [0.15, 0.2) is 17.3 Å². The Morgan fingerprint density at radius 2 is 1.96 bits per heavy atom. The summed E-state index contributed by atoms with van der Waals surface area (Å²) in [5.41, 5.74) is 0.781. The average Bonchev–Trinajstić information content (AvgIpc) is 3.29. The number of aryl methyl sites for hydroxylation is 1. The lowest BCUT2D eigenvalue weighted by Crippen LogP contribution is -2.46. The standard InChI is InChI=1S/C16H20N8O/c1-11-18-19-14-4-5-15(20-24(11)14)23-8-6-22(7-9-23)10-13-17-16(25-21-13)12-2-3-12/h4-5,12H,2-3,6-10H2,1H3. The van der Waals surface area contributed by atoms with Crippen LogP contribution in [-0.2, 0) is 6.54 Å². The SMILES string of the molecule is Cc1nnc2ccc(N3CCN(Cc4noc(C5CC5)n4)CC3)nn12. The quantitative estimate of drug-likeness (QED) is 0.695. The summed E-state index contributed by atoms with van der Waals surface area (Å²) >= 11 is 0. The Kier molecular flexibility index (Phi) is 3.40. The highest BCUT2D eigenvalue weighted by atomic mass is 16.5. The summed E-state index contributed by atoms with van der Waals surface area (Å²) in [6.45, 7) is 6.42. The third-order valence-electron chi connectivity index (χ3n) is 4.88. The van der Waals surface area contributed by atoms with Crippen LogP contribution in [0.3, 0.4) is 0 Å². The first-order chi connectivity index (χ1) is 12.3. The van der Waals surface area contributed by atoms with Crippen LogP contribution in [0.2, 0.25) is 0 Å². The normalized spacial score (nSPS) is 19.0. The predicted molar refractivity (Wildman–Crippen MR) is 89.3 cm³/mol. The molecule has 0 amide bonds. The van der Waals surface area contributed by atoms with Gasteiger partial charge in [-0.2, -0.15) is 9.50 Å². The second-order valence-corrected chi connectivity index (χ2v) is 6.80. The maximum absolute atomic E-state index is 5.34. The van der Waals surface area contributed by atoms with Crippen LogP contribution in [-0.4, -0.2) is 61.0 Å². The summed E-state index contributed by atoms with van der Waals surface area (Å²) in [6.07, 6.45) is 2.37. The maximum Gasteiger partial charge on any atom is 0.229 e. The largest absolute Gasteiger partial charge is 0.353 e. The van der Waals surface area contributed by atoms with Crippen LogP contribution in [0, 0.1) is 6.92 Å². The summed E-state index contributed by atoms with van der Waals surface area (Å²) in [4.78, 5) is 9.17. The monoisotopic (exact) mass is 340 g/mol. The molecule has 9 heteroatoms. The molecular formula is C16H20N8O. The van der Waals surface area contributed by atoms with Gasteiger partial charge >= 0.3 is 0 Å². The third-order valence-corrected chi connectivity index (χ3v) is 4.88. The van der Waals surface area contributed by atoms with Crippen molar-refractivity contribution in [3.8, 4) is 0 Å². The van der Waals surface area contributed by atoms with Crippen molar-refractivity contribution in [3.63, 3.8) is 0 Å². The summed E-state index contributed by atoms with van der Waals surface area (Å²) in [6, 6.07) is 3.98. The van der Waals surface area contributed by atoms with Crippen LogP contribution in [0.1, 0.15) is 36.3 Å². The molecule has 130 valence electrons. The number of aromatic nitrogens is 6. The van der Waals surface area contributed by atoms with Crippen molar-refractivity contribution in [2.75, 3.05) is 31.1 Å². The van der Waals surface area contributed by atoms with Crippen molar-refractivity contribution < 1.29 is 4.52 Å². The molecule has 4 heterocycles. The Hall–Kier alpha value is -2.55. The number of fused-ring (bicyclic) bond motifs is 1. The molecule has 1 saturated heterocycles. The highest BCUT2D eigenvalue weighted by Crippen LogP contribution is 2.38. The number of piperazine rings is 1. The Bertz CT molecular complexity index is 891. The highest BCUT2D eigenvalue weighted by molar-refractivity contribution is 5.46. The minimum absolute atomic E-state index is 0.514. The predicted octanol–water partition coefficient (Wildman–Crippen LogP) is 1.02. The van der Waals surface area contributed by atoms with Crippen molar-refractivity contribution in [1.29, 1.82) is 0 Å². The molecule has 1 saturated carbocycles. The smallest absolute Gasteiger partial charge is 0.229 e. The molecular weight excluding hydrogens is 320 g/mol. The van der Waals surface area contributed by atoms with Crippen molar-refractivity contribution >= 4 is 11.5 Å². The van der Waals surface area contributed by atoms with Gasteiger partial charge in [-0.25, -0.2) is 0 Å². The number of rotatable bonds is 4. The molecule has 3 aromatic heterocycles. The Labute approximate surface area is 144 Å². The third kappa shape index (κ3) is 2.84. The first-order valence-electron chi connectivity index (χ1n) is 8.75. The fourth-order valence-electron chi connectivity index (χ4n) is 3.22. The van der Waals surface area contributed by atoms with Crippen molar-refractivity contribution in [1.82, 2.24) is 34.9 Å². The number of anilines is 1. The molecule has 0 atom stereocenters. The molecule has 0 bridgehead atoms. The number of hydrogen-bond acceptors (Lipinski definition) is 8. The van der Waals surface area contributed by atoms with Gasteiger partial charge < -0.3 is 9.42 Å². The zero-order chi connectivity index (χ0) is 16.8. The van der Waals surface area contributed by atoms with Crippen molar-refractivity contribution in [3.05, 3.63) is 29.7 Å². The maximum atomic E-state index is 5.34. The molecule has 2 fully saturated rings. The van der Waals surface area contributed by atoms with Crippen LogP contribution in [0.4, 0.5) is 5.82 Å². The molecule has 25 heavy (non-hydrogen) atoms. The Morgan fingerprint density at radius 1 is 1.12 bits per heavy atom. The molecule has 1 aliphatic carbocycles. The molecule has 0 N–H and O–H groups in total. The van der Waals surface area contributed by atoms with Gasteiger partial charge in [0.2, 0.25) is 5.89 Å². The summed E-state index contributed by atoms with van der Waals surface area (Å²) in [5, 5.41) is 16.9. The van der Waals surface area contributed by atoms with Gasteiger partial charge in [0, 0.05) is 32.1 Å². The molecule has 0 spiro atoms. The van der Waals surface area contributed by atoms with E-state index < -0.39 is 0 Å². The molecule has 9 nitrogen and oxygen atoms in total. The number of hydrogen-bond donors (Lipinski definition) is 0. The van der Waals surface area contributed by atoms with Crippen LogP contribution in [0.5, 0.6) is 0 Å². The lowest BCUT2D eigenvalue weighted by Gasteiger charge is -2.34.